The molecule has 0 aliphatic carbocycles. The normalized spacial score (nSPS) is 17.1. The second-order valence-electron chi connectivity index (χ2n) is 5.84. The summed E-state index contributed by atoms with van der Waals surface area (Å²) in [6.07, 6.45) is 2.21. The molecule has 1 atom stereocenters. The van der Waals surface area contributed by atoms with Crippen LogP contribution in [-0.4, -0.2) is 34.1 Å². The summed E-state index contributed by atoms with van der Waals surface area (Å²) < 4.78 is 24.6. The number of primary sulfonamides is 1. The lowest BCUT2D eigenvalue weighted by molar-refractivity contribution is -0.384. The van der Waals surface area contributed by atoms with Gasteiger partial charge in [-0.3, -0.25) is 10.1 Å². The quantitative estimate of drug-likeness (QED) is 0.588. The van der Waals surface area contributed by atoms with Gasteiger partial charge in [-0.15, -0.1) is 0 Å². The van der Waals surface area contributed by atoms with Crippen molar-refractivity contribution >= 4 is 21.4 Å². The Kier molecular flexibility index (Phi) is 4.43. The molecule has 25 heavy (non-hydrogen) atoms. The van der Waals surface area contributed by atoms with E-state index in [1.807, 2.05) is 11.6 Å². The van der Waals surface area contributed by atoms with E-state index in [1.54, 1.807) is 0 Å². The Balaban J connectivity index is 1.84. The Morgan fingerprint density at radius 2 is 2.24 bits per heavy atom. The number of nitrogens with one attached hydrogen (secondary N) is 1. The number of anilines is 1. The summed E-state index contributed by atoms with van der Waals surface area (Å²) in [6.45, 7) is 2.52. The van der Waals surface area contributed by atoms with Gasteiger partial charge < -0.3 is 5.32 Å². The van der Waals surface area contributed by atoms with Crippen LogP contribution in [0, 0.1) is 10.1 Å². The van der Waals surface area contributed by atoms with Gasteiger partial charge in [0.15, 0.2) is 5.82 Å². The fraction of sp³-hybridized carbons (Fsp3) is 0.429. The molecule has 1 aromatic heterocycles. The van der Waals surface area contributed by atoms with Crippen LogP contribution in [0.15, 0.2) is 23.1 Å². The number of aromatic nitrogens is 3. The molecule has 2 aromatic rings. The van der Waals surface area contributed by atoms with Gasteiger partial charge in [-0.1, -0.05) is 6.92 Å². The summed E-state index contributed by atoms with van der Waals surface area (Å²) >= 11 is 0. The highest BCUT2D eigenvalue weighted by Gasteiger charge is 2.25. The summed E-state index contributed by atoms with van der Waals surface area (Å²) in [7, 11) is -4.00. The van der Waals surface area contributed by atoms with Crippen LogP contribution in [0.3, 0.4) is 0 Å². The maximum Gasteiger partial charge on any atom is 0.293 e. The SMILES string of the molecule is CCc1nc2n(n1)CC(Nc1ccc(S(N)(=O)=O)cc1[N+](=O)[O-])CC2. The van der Waals surface area contributed by atoms with Crippen LogP contribution in [-0.2, 0) is 29.4 Å². The standard InChI is InChI=1S/C14H18N6O4S/c1-2-13-17-14-6-3-9(8-19(14)18-13)16-11-5-4-10(25(15,23)24)7-12(11)20(21)22/h4-5,7,9,16H,2-3,6,8H2,1H3,(H2,15,23,24). The Morgan fingerprint density at radius 3 is 2.88 bits per heavy atom. The van der Waals surface area contributed by atoms with Crippen LogP contribution in [0.25, 0.3) is 0 Å². The smallest absolute Gasteiger partial charge is 0.293 e. The molecule has 1 aliphatic rings. The van der Waals surface area contributed by atoms with Crippen LogP contribution < -0.4 is 10.5 Å². The summed E-state index contributed by atoms with van der Waals surface area (Å²) in [5.74, 6) is 1.69. The second kappa shape index (κ2) is 6.41. The molecule has 10 nitrogen and oxygen atoms in total. The van der Waals surface area contributed by atoms with Crippen molar-refractivity contribution in [2.45, 2.75) is 43.7 Å². The minimum absolute atomic E-state index is 0.0714. The lowest BCUT2D eigenvalue weighted by Crippen LogP contribution is -2.32. The number of fused-ring (bicyclic) bond motifs is 1. The molecule has 0 bridgehead atoms. The monoisotopic (exact) mass is 366 g/mol. The number of hydrogen-bond acceptors (Lipinski definition) is 7. The summed E-state index contributed by atoms with van der Waals surface area (Å²) in [4.78, 5) is 14.8. The largest absolute Gasteiger partial charge is 0.375 e. The van der Waals surface area contributed by atoms with Crippen molar-refractivity contribution in [1.82, 2.24) is 14.8 Å². The molecule has 134 valence electrons. The minimum atomic E-state index is -4.00. The van der Waals surface area contributed by atoms with E-state index >= 15 is 0 Å². The van der Waals surface area contributed by atoms with Gasteiger partial charge >= 0.3 is 0 Å². The van der Waals surface area contributed by atoms with Gasteiger partial charge in [-0.2, -0.15) is 5.10 Å². The molecule has 0 saturated heterocycles. The Hall–Kier alpha value is -2.53. The maximum atomic E-state index is 11.4. The van der Waals surface area contributed by atoms with Crippen LogP contribution in [0.2, 0.25) is 0 Å². The van der Waals surface area contributed by atoms with E-state index in [0.29, 0.717) is 13.0 Å². The first-order valence-electron chi connectivity index (χ1n) is 7.78. The summed E-state index contributed by atoms with van der Waals surface area (Å²) in [5.41, 5.74) is -0.0770. The van der Waals surface area contributed by atoms with Crippen molar-refractivity contribution < 1.29 is 13.3 Å². The first-order chi connectivity index (χ1) is 11.8. The van der Waals surface area contributed by atoms with E-state index in [-0.39, 0.29) is 22.3 Å². The minimum Gasteiger partial charge on any atom is -0.375 e. The van der Waals surface area contributed by atoms with Crippen LogP contribution in [0.5, 0.6) is 0 Å². The number of nitro groups is 1. The first kappa shape index (κ1) is 17.3. The van der Waals surface area contributed by atoms with E-state index < -0.39 is 14.9 Å². The fourth-order valence-corrected chi connectivity index (χ4v) is 3.34. The topological polar surface area (TPSA) is 146 Å². The molecular weight excluding hydrogens is 348 g/mol. The number of nitrogens with zero attached hydrogens (tertiary/aromatic N) is 4. The Labute approximate surface area is 144 Å². The third-order valence-corrected chi connectivity index (χ3v) is 4.98. The second-order valence-corrected chi connectivity index (χ2v) is 7.40. The highest BCUT2D eigenvalue weighted by atomic mass is 32.2. The van der Waals surface area contributed by atoms with Gasteiger partial charge in [-0.25, -0.2) is 23.2 Å². The molecule has 1 unspecified atom stereocenters. The third kappa shape index (κ3) is 3.61. The molecule has 0 spiro atoms. The molecule has 3 N–H and O–H groups in total. The van der Waals surface area contributed by atoms with E-state index in [9.17, 15) is 18.5 Å². The van der Waals surface area contributed by atoms with Gasteiger partial charge in [0.1, 0.15) is 11.5 Å². The number of sulfonamides is 1. The van der Waals surface area contributed by atoms with Crippen molar-refractivity contribution in [2.24, 2.45) is 5.14 Å². The zero-order valence-electron chi connectivity index (χ0n) is 13.5. The molecular formula is C14H18N6O4S. The van der Waals surface area contributed by atoms with Crippen LogP contribution >= 0.6 is 0 Å². The molecule has 11 heteroatoms. The van der Waals surface area contributed by atoms with Gasteiger partial charge in [0, 0.05) is 24.9 Å². The zero-order chi connectivity index (χ0) is 18.2. The predicted octanol–water partition coefficient (Wildman–Crippen LogP) is 0.823. The van der Waals surface area contributed by atoms with Gasteiger partial charge in [0.05, 0.1) is 16.4 Å². The number of hydrogen-bond donors (Lipinski definition) is 2. The van der Waals surface area contributed by atoms with Gasteiger partial charge in [0.25, 0.3) is 5.69 Å². The van der Waals surface area contributed by atoms with E-state index in [2.05, 4.69) is 15.4 Å². The number of nitro benzene ring substituents is 1. The molecule has 1 aromatic carbocycles. The predicted molar refractivity (Wildman–Crippen MR) is 89.6 cm³/mol. The van der Waals surface area contributed by atoms with Crippen LogP contribution in [0.1, 0.15) is 25.0 Å². The molecule has 1 aliphatic heterocycles. The number of aryl methyl sites for hydroxylation is 2. The van der Waals surface area contributed by atoms with Crippen molar-refractivity contribution in [3.8, 4) is 0 Å². The van der Waals surface area contributed by atoms with E-state index in [1.165, 1.54) is 12.1 Å². The highest BCUT2D eigenvalue weighted by Crippen LogP contribution is 2.29. The molecule has 3 rings (SSSR count). The summed E-state index contributed by atoms with van der Waals surface area (Å²) in [5, 5.41) is 23.8. The number of nitrogens with two attached hydrogens (primary N) is 1. The van der Waals surface area contributed by atoms with Crippen molar-refractivity contribution in [1.29, 1.82) is 0 Å². The summed E-state index contributed by atoms with van der Waals surface area (Å²) in [6, 6.07) is 3.52. The highest BCUT2D eigenvalue weighted by molar-refractivity contribution is 7.89. The Morgan fingerprint density at radius 1 is 1.48 bits per heavy atom. The van der Waals surface area contributed by atoms with Crippen LogP contribution in [0.4, 0.5) is 11.4 Å². The van der Waals surface area contributed by atoms with Crippen molar-refractivity contribution in [2.75, 3.05) is 5.32 Å². The Bertz CT molecular complexity index is 923. The fourth-order valence-electron chi connectivity index (χ4n) is 2.81. The molecule has 0 radical (unpaired) electrons. The molecule has 0 fully saturated rings. The van der Waals surface area contributed by atoms with E-state index in [0.717, 1.165) is 30.6 Å². The average molecular weight is 366 g/mol. The molecule has 2 heterocycles. The number of benzene rings is 1. The van der Waals surface area contributed by atoms with E-state index in [4.69, 9.17) is 5.14 Å². The lowest BCUT2D eigenvalue weighted by atomic mass is 10.1. The third-order valence-electron chi connectivity index (χ3n) is 4.07. The average Bonchev–Trinajstić information content (AvgIpc) is 2.96. The molecule has 0 amide bonds. The lowest BCUT2D eigenvalue weighted by Gasteiger charge is -2.24. The van der Waals surface area contributed by atoms with Crippen molar-refractivity contribution in [3.05, 3.63) is 40.0 Å². The maximum absolute atomic E-state index is 11.4. The first-order valence-corrected chi connectivity index (χ1v) is 9.33. The van der Waals surface area contributed by atoms with Gasteiger partial charge in [0.2, 0.25) is 10.0 Å². The number of rotatable bonds is 5. The van der Waals surface area contributed by atoms with Gasteiger partial charge in [-0.05, 0) is 18.6 Å². The zero-order valence-corrected chi connectivity index (χ0v) is 14.4. The molecule has 0 saturated carbocycles. The van der Waals surface area contributed by atoms with Crippen molar-refractivity contribution in [3.63, 3.8) is 0 Å².